The minimum atomic E-state index is -2.65. The van der Waals surface area contributed by atoms with Crippen molar-refractivity contribution in [3.8, 4) is 5.75 Å². The Morgan fingerprint density at radius 1 is 0.864 bits per heavy atom. The van der Waals surface area contributed by atoms with E-state index >= 15 is 0 Å². The molecule has 0 spiro atoms. The maximum atomic E-state index is 15.0. The zero-order valence-corrected chi connectivity index (χ0v) is 23.5. The second kappa shape index (κ2) is 10.2. The number of rotatable bonds is 5. The van der Waals surface area contributed by atoms with E-state index in [2.05, 4.69) is 0 Å². The second-order valence-electron chi connectivity index (χ2n) is 10.8. The van der Waals surface area contributed by atoms with Gasteiger partial charge in [-0.05, 0) is 36.5 Å². The molecule has 44 heavy (non-hydrogen) atoms. The normalized spacial score (nSPS) is 31.2. The smallest absolute Gasteiger partial charge is 0.258 e. The molecular weight excluding hydrogens is 642 g/mol. The first kappa shape index (κ1) is 30.4. The molecule has 16 heteroatoms. The molecule has 2 heterocycles. The van der Waals surface area contributed by atoms with Gasteiger partial charge in [-0.25, -0.2) is 26.9 Å². The predicted molar refractivity (Wildman–Crippen MR) is 139 cm³/mol. The van der Waals surface area contributed by atoms with E-state index < -0.39 is 98.2 Å². The van der Waals surface area contributed by atoms with Crippen LogP contribution in [0.4, 0.5) is 27.6 Å². The molecular formula is C28H19Cl2F5N2O7. The summed E-state index contributed by atoms with van der Waals surface area (Å²) < 4.78 is 77.7. The number of imide groups is 2. The van der Waals surface area contributed by atoms with Gasteiger partial charge >= 0.3 is 0 Å². The van der Waals surface area contributed by atoms with Gasteiger partial charge in [0.2, 0.25) is 5.82 Å². The lowest BCUT2D eigenvalue weighted by Gasteiger charge is -2.50. The van der Waals surface area contributed by atoms with E-state index in [1.165, 1.54) is 30.3 Å². The highest BCUT2D eigenvalue weighted by Gasteiger charge is 2.77. The summed E-state index contributed by atoms with van der Waals surface area (Å²) in [6.45, 7) is -0.374. The van der Waals surface area contributed by atoms with Gasteiger partial charge in [-0.2, -0.15) is 5.06 Å². The van der Waals surface area contributed by atoms with Crippen LogP contribution in [0.15, 0.2) is 35.9 Å². The SMILES string of the molecule is O=C1[C@H]2[C@H](CC=C3[C@H]2C[C@@]2(Cl)C(=O)N(c4c(F)c(F)c(F)c(F)c4F)C(=O)[C@@]2(Cl)[C@H]3c2ccc(OCCO)cc2)C(=O)N1O. The molecule has 0 unspecified atom stereocenters. The number of fused-ring (bicyclic) bond motifs is 4. The molecule has 232 valence electrons. The van der Waals surface area contributed by atoms with Gasteiger partial charge in [-0.1, -0.05) is 23.8 Å². The molecule has 0 aromatic heterocycles. The number of allylic oxidation sites excluding steroid dienone is 2. The summed E-state index contributed by atoms with van der Waals surface area (Å²) in [6, 6.07) is 5.65. The minimum absolute atomic E-state index is 0.0549. The van der Waals surface area contributed by atoms with Gasteiger partial charge in [-0.3, -0.25) is 24.4 Å². The number of carbonyl (C=O) groups is 4. The highest BCUT2D eigenvalue weighted by Crippen LogP contribution is 2.66. The lowest BCUT2D eigenvalue weighted by molar-refractivity contribution is -0.173. The minimum Gasteiger partial charge on any atom is -0.491 e. The molecule has 4 amide bonds. The maximum absolute atomic E-state index is 15.0. The number of aliphatic hydroxyl groups excluding tert-OH is 1. The molecule has 2 aliphatic heterocycles. The molecule has 2 aromatic carbocycles. The molecule has 6 rings (SSSR count). The van der Waals surface area contributed by atoms with E-state index in [0.29, 0.717) is 0 Å². The molecule has 2 N–H and O–H groups in total. The number of nitrogens with zero attached hydrogens (tertiary/aromatic N) is 2. The fourth-order valence-electron chi connectivity index (χ4n) is 6.84. The van der Waals surface area contributed by atoms with Crippen molar-refractivity contribution in [2.75, 3.05) is 18.1 Å². The van der Waals surface area contributed by atoms with Crippen LogP contribution in [0.2, 0.25) is 0 Å². The Morgan fingerprint density at radius 3 is 2.05 bits per heavy atom. The summed E-state index contributed by atoms with van der Waals surface area (Å²) in [6.07, 6.45) is 0.719. The summed E-state index contributed by atoms with van der Waals surface area (Å²) in [5.74, 6) is -22.1. The highest BCUT2D eigenvalue weighted by molar-refractivity contribution is 6.58. The van der Waals surface area contributed by atoms with E-state index in [1.54, 1.807) is 0 Å². The molecule has 6 atom stereocenters. The van der Waals surface area contributed by atoms with Crippen LogP contribution in [-0.2, 0) is 19.2 Å². The molecule has 2 aliphatic carbocycles. The molecule has 9 nitrogen and oxygen atoms in total. The van der Waals surface area contributed by atoms with Crippen molar-refractivity contribution in [3.05, 3.63) is 70.6 Å². The number of aliphatic hydroxyl groups is 1. The molecule has 3 fully saturated rings. The van der Waals surface area contributed by atoms with Crippen molar-refractivity contribution in [3.63, 3.8) is 0 Å². The third-order valence-electron chi connectivity index (χ3n) is 8.77. The van der Waals surface area contributed by atoms with Crippen molar-refractivity contribution in [2.45, 2.75) is 28.5 Å². The zero-order valence-electron chi connectivity index (χ0n) is 22.0. The number of hydrogen-bond acceptors (Lipinski definition) is 7. The molecule has 4 aliphatic rings. The number of alkyl halides is 2. The van der Waals surface area contributed by atoms with Crippen LogP contribution in [0, 0.1) is 46.8 Å². The number of carbonyl (C=O) groups excluding carboxylic acids is 4. The Labute approximate surface area is 254 Å². The van der Waals surface area contributed by atoms with Crippen LogP contribution in [0.3, 0.4) is 0 Å². The summed E-state index contributed by atoms with van der Waals surface area (Å²) in [7, 11) is 0. The van der Waals surface area contributed by atoms with E-state index in [9.17, 15) is 46.3 Å². The number of benzene rings is 2. The van der Waals surface area contributed by atoms with Crippen LogP contribution in [0.25, 0.3) is 0 Å². The number of hydroxylamine groups is 2. The van der Waals surface area contributed by atoms with Crippen LogP contribution in [-0.4, -0.2) is 62.0 Å². The lowest BCUT2D eigenvalue weighted by atomic mass is 9.56. The fourth-order valence-corrected chi connectivity index (χ4v) is 7.78. The number of amides is 4. The van der Waals surface area contributed by atoms with Crippen molar-refractivity contribution in [2.24, 2.45) is 17.8 Å². The number of ether oxygens (including phenoxy) is 1. The number of anilines is 1. The van der Waals surface area contributed by atoms with Gasteiger partial charge in [0.25, 0.3) is 23.6 Å². The topological polar surface area (TPSA) is 124 Å². The molecule has 2 saturated heterocycles. The largest absolute Gasteiger partial charge is 0.491 e. The quantitative estimate of drug-likeness (QED) is 0.0953. The molecule has 0 bridgehead atoms. The summed E-state index contributed by atoms with van der Waals surface area (Å²) >= 11 is 13.9. The lowest BCUT2D eigenvalue weighted by Crippen LogP contribution is -2.60. The Morgan fingerprint density at radius 2 is 1.45 bits per heavy atom. The van der Waals surface area contributed by atoms with E-state index in [0.717, 1.165) is 0 Å². The third-order valence-corrected chi connectivity index (χ3v) is 10.2. The van der Waals surface area contributed by atoms with Gasteiger partial charge in [0, 0.05) is 5.92 Å². The summed E-state index contributed by atoms with van der Waals surface area (Å²) in [5, 5.41) is 19.1. The van der Waals surface area contributed by atoms with E-state index in [1.807, 2.05) is 0 Å². The molecule has 1 saturated carbocycles. The van der Waals surface area contributed by atoms with Gasteiger partial charge in [0.05, 0.1) is 18.4 Å². The molecule has 2 aromatic rings. The third kappa shape index (κ3) is 3.77. The van der Waals surface area contributed by atoms with Crippen LogP contribution >= 0.6 is 23.2 Å². The van der Waals surface area contributed by atoms with Crippen molar-refractivity contribution < 1.29 is 56.2 Å². The first-order valence-corrected chi connectivity index (χ1v) is 13.9. The first-order valence-electron chi connectivity index (χ1n) is 13.1. The van der Waals surface area contributed by atoms with Crippen molar-refractivity contribution in [1.82, 2.24) is 5.06 Å². The average Bonchev–Trinajstić information content (AvgIpc) is 3.32. The van der Waals surface area contributed by atoms with Crippen molar-refractivity contribution >= 4 is 52.5 Å². The van der Waals surface area contributed by atoms with Crippen LogP contribution in [0.1, 0.15) is 24.3 Å². The summed E-state index contributed by atoms with van der Waals surface area (Å²) in [5.41, 5.74) is -1.46. The zero-order chi connectivity index (χ0) is 32.0. The second-order valence-corrected chi connectivity index (χ2v) is 12.1. The van der Waals surface area contributed by atoms with Gasteiger partial charge in [0.15, 0.2) is 33.0 Å². The Balaban J connectivity index is 1.57. The predicted octanol–water partition coefficient (Wildman–Crippen LogP) is 3.71. The Bertz CT molecular complexity index is 1660. The number of halogens is 7. The van der Waals surface area contributed by atoms with Gasteiger partial charge in [0.1, 0.15) is 18.0 Å². The Hall–Kier alpha value is -3.59. The van der Waals surface area contributed by atoms with Gasteiger partial charge in [-0.15, -0.1) is 23.2 Å². The van der Waals surface area contributed by atoms with Gasteiger partial charge < -0.3 is 9.84 Å². The Kier molecular flexibility index (Phi) is 7.07. The highest BCUT2D eigenvalue weighted by atomic mass is 35.5. The fraction of sp³-hybridized carbons (Fsp3) is 0.357. The monoisotopic (exact) mass is 660 g/mol. The molecule has 0 radical (unpaired) electrons. The first-order chi connectivity index (χ1) is 20.7. The number of hydrogen-bond donors (Lipinski definition) is 2. The maximum Gasteiger partial charge on any atom is 0.258 e. The van der Waals surface area contributed by atoms with Crippen molar-refractivity contribution in [1.29, 1.82) is 0 Å². The average molecular weight is 661 g/mol. The van der Waals surface area contributed by atoms with E-state index in [-0.39, 0.29) is 46.5 Å². The van der Waals surface area contributed by atoms with E-state index in [4.69, 9.17) is 33.0 Å². The summed E-state index contributed by atoms with van der Waals surface area (Å²) in [4.78, 5) is 48.1. The standard InChI is InChI=1S/C28H19Cl2F5N2O7/c29-27-9-14-12(5-6-13-15(14)24(40)37(43)23(13)39)16(10-1-3-11(4-2-10)44-8-7-38)28(27,30)26(42)36(25(27)41)22-20(34)18(32)17(31)19(33)21(22)35/h1-5,13-16,38,43H,6-9H2/t13-,14+,15-,16-,27+,28-/m0/s1. The van der Waals surface area contributed by atoms with Crippen LogP contribution < -0.4 is 9.64 Å². The van der Waals surface area contributed by atoms with Crippen LogP contribution in [0.5, 0.6) is 5.75 Å².